The normalized spacial score (nSPS) is 12.5. The summed E-state index contributed by atoms with van der Waals surface area (Å²) < 4.78 is 2.02. The molecule has 1 heterocycles. The molecular formula is C16H24N4S. The standard InChI is InChI=1S/C16H24N4S/c1-4-10-20-16(18-12-19-20)11-14(17-5-2)13-8-6-7-9-15(13)21-3/h6-9,12,14,17H,4-5,10-11H2,1-3H3. The second-order valence-electron chi connectivity index (χ2n) is 4.96. The SMILES string of the molecule is CCCn1ncnc1CC(NCC)c1ccccc1SC. The molecule has 0 amide bonds. The number of benzene rings is 1. The highest BCUT2D eigenvalue weighted by atomic mass is 32.2. The monoisotopic (exact) mass is 304 g/mol. The number of aromatic nitrogens is 3. The Hall–Kier alpha value is -1.33. The van der Waals surface area contributed by atoms with Crippen molar-refractivity contribution in [1.82, 2.24) is 20.1 Å². The topological polar surface area (TPSA) is 42.7 Å². The molecule has 0 aliphatic carbocycles. The summed E-state index contributed by atoms with van der Waals surface area (Å²) in [4.78, 5) is 5.77. The molecule has 0 fully saturated rings. The summed E-state index contributed by atoms with van der Waals surface area (Å²) in [7, 11) is 0. The van der Waals surface area contributed by atoms with Crippen molar-refractivity contribution < 1.29 is 0 Å². The minimum absolute atomic E-state index is 0.276. The molecule has 0 aliphatic rings. The van der Waals surface area contributed by atoms with Crippen LogP contribution in [0.4, 0.5) is 0 Å². The Morgan fingerprint density at radius 3 is 2.81 bits per heavy atom. The highest BCUT2D eigenvalue weighted by molar-refractivity contribution is 7.98. The molecule has 0 aliphatic heterocycles. The zero-order valence-corrected chi connectivity index (χ0v) is 13.9. The summed E-state index contributed by atoms with van der Waals surface area (Å²) in [5.41, 5.74) is 1.35. The summed E-state index contributed by atoms with van der Waals surface area (Å²) in [6.07, 6.45) is 5.73. The van der Waals surface area contributed by atoms with Gasteiger partial charge in [-0.25, -0.2) is 4.98 Å². The van der Waals surface area contributed by atoms with E-state index in [4.69, 9.17) is 0 Å². The molecule has 2 aromatic rings. The van der Waals surface area contributed by atoms with Gasteiger partial charge >= 0.3 is 0 Å². The van der Waals surface area contributed by atoms with E-state index in [9.17, 15) is 0 Å². The third kappa shape index (κ3) is 4.08. The van der Waals surface area contributed by atoms with Crippen LogP contribution in [0.5, 0.6) is 0 Å². The highest BCUT2D eigenvalue weighted by Gasteiger charge is 2.17. The number of likely N-dealkylation sites (N-methyl/N-ethyl adjacent to an activating group) is 1. The molecule has 0 saturated carbocycles. The van der Waals surface area contributed by atoms with Gasteiger partial charge in [-0.2, -0.15) is 5.10 Å². The smallest absolute Gasteiger partial charge is 0.138 e. The lowest BCUT2D eigenvalue weighted by molar-refractivity contribution is 0.494. The van der Waals surface area contributed by atoms with Crippen molar-refractivity contribution >= 4 is 11.8 Å². The van der Waals surface area contributed by atoms with Gasteiger partial charge in [0.25, 0.3) is 0 Å². The summed E-state index contributed by atoms with van der Waals surface area (Å²) in [5, 5.41) is 7.91. The summed E-state index contributed by atoms with van der Waals surface area (Å²) in [6.45, 7) is 6.18. The van der Waals surface area contributed by atoms with E-state index in [1.807, 2.05) is 4.68 Å². The van der Waals surface area contributed by atoms with Crippen LogP contribution in [0.2, 0.25) is 0 Å². The van der Waals surface area contributed by atoms with Crippen LogP contribution in [0.1, 0.15) is 37.7 Å². The number of nitrogens with zero attached hydrogens (tertiary/aromatic N) is 3. The van der Waals surface area contributed by atoms with E-state index < -0.39 is 0 Å². The molecule has 1 N–H and O–H groups in total. The fourth-order valence-electron chi connectivity index (χ4n) is 2.52. The summed E-state index contributed by atoms with van der Waals surface area (Å²) in [5.74, 6) is 1.05. The van der Waals surface area contributed by atoms with Crippen LogP contribution < -0.4 is 5.32 Å². The molecule has 0 saturated heterocycles. The molecule has 5 heteroatoms. The molecule has 0 bridgehead atoms. The van der Waals surface area contributed by atoms with Crippen molar-refractivity contribution in [3.63, 3.8) is 0 Å². The lowest BCUT2D eigenvalue weighted by Gasteiger charge is -2.20. The lowest BCUT2D eigenvalue weighted by Crippen LogP contribution is -2.25. The maximum atomic E-state index is 4.44. The number of hydrogen-bond donors (Lipinski definition) is 1. The van der Waals surface area contributed by atoms with Gasteiger partial charge in [0.2, 0.25) is 0 Å². The number of thioether (sulfide) groups is 1. The number of rotatable bonds is 8. The van der Waals surface area contributed by atoms with Gasteiger partial charge < -0.3 is 5.32 Å². The second-order valence-corrected chi connectivity index (χ2v) is 5.80. The Morgan fingerprint density at radius 2 is 2.10 bits per heavy atom. The van der Waals surface area contributed by atoms with E-state index in [0.717, 1.165) is 31.8 Å². The molecule has 0 radical (unpaired) electrons. The largest absolute Gasteiger partial charge is 0.310 e. The third-order valence-corrected chi connectivity index (χ3v) is 4.29. The number of hydrogen-bond acceptors (Lipinski definition) is 4. The van der Waals surface area contributed by atoms with Crippen LogP contribution in [-0.4, -0.2) is 27.6 Å². The maximum absolute atomic E-state index is 4.44. The first-order chi connectivity index (χ1) is 10.3. The second kappa shape index (κ2) is 8.20. The van der Waals surface area contributed by atoms with Gasteiger partial charge in [-0.15, -0.1) is 11.8 Å². The number of aryl methyl sites for hydroxylation is 1. The van der Waals surface area contributed by atoms with E-state index >= 15 is 0 Å². The minimum atomic E-state index is 0.276. The van der Waals surface area contributed by atoms with Crippen LogP contribution in [0.15, 0.2) is 35.5 Å². The van der Waals surface area contributed by atoms with Crippen molar-refractivity contribution in [3.05, 3.63) is 42.0 Å². The van der Waals surface area contributed by atoms with E-state index in [-0.39, 0.29) is 6.04 Å². The Bertz CT molecular complexity index is 553. The molecule has 21 heavy (non-hydrogen) atoms. The molecule has 1 aromatic heterocycles. The van der Waals surface area contributed by atoms with Crippen molar-refractivity contribution in [2.75, 3.05) is 12.8 Å². The van der Waals surface area contributed by atoms with Crippen LogP contribution >= 0.6 is 11.8 Å². The lowest BCUT2D eigenvalue weighted by atomic mass is 10.0. The third-order valence-electron chi connectivity index (χ3n) is 3.48. The Labute approximate surface area is 131 Å². The van der Waals surface area contributed by atoms with Gasteiger partial charge in [0, 0.05) is 23.9 Å². The average Bonchev–Trinajstić information content (AvgIpc) is 2.94. The van der Waals surface area contributed by atoms with Crippen LogP contribution in [-0.2, 0) is 13.0 Å². The van der Waals surface area contributed by atoms with Crippen LogP contribution in [0.25, 0.3) is 0 Å². The first-order valence-electron chi connectivity index (χ1n) is 7.53. The van der Waals surface area contributed by atoms with Gasteiger partial charge in [0.05, 0.1) is 0 Å². The fraction of sp³-hybridized carbons (Fsp3) is 0.500. The zero-order chi connectivity index (χ0) is 15.1. The van der Waals surface area contributed by atoms with Crippen molar-refractivity contribution in [2.45, 2.75) is 44.2 Å². The number of nitrogens with one attached hydrogen (secondary N) is 1. The minimum Gasteiger partial charge on any atom is -0.310 e. The van der Waals surface area contributed by atoms with Crippen molar-refractivity contribution in [2.24, 2.45) is 0 Å². The fourth-order valence-corrected chi connectivity index (χ4v) is 3.18. The molecule has 1 aromatic carbocycles. The van der Waals surface area contributed by atoms with Gasteiger partial charge in [0.15, 0.2) is 0 Å². The molecule has 1 atom stereocenters. The average molecular weight is 304 g/mol. The van der Waals surface area contributed by atoms with E-state index in [1.165, 1.54) is 10.5 Å². The van der Waals surface area contributed by atoms with E-state index in [2.05, 4.69) is 59.8 Å². The molecule has 0 spiro atoms. The Morgan fingerprint density at radius 1 is 1.29 bits per heavy atom. The Balaban J connectivity index is 2.24. The molecule has 2 rings (SSSR count). The van der Waals surface area contributed by atoms with Gasteiger partial charge in [-0.3, -0.25) is 4.68 Å². The first kappa shape index (κ1) is 16.0. The zero-order valence-electron chi connectivity index (χ0n) is 13.0. The van der Waals surface area contributed by atoms with E-state index in [1.54, 1.807) is 18.1 Å². The predicted molar refractivity (Wildman–Crippen MR) is 88.7 cm³/mol. The first-order valence-corrected chi connectivity index (χ1v) is 8.75. The maximum Gasteiger partial charge on any atom is 0.138 e. The molecule has 114 valence electrons. The predicted octanol–water partition coefficient (Wildman–Crippen LogP) is 3.30. The van der Waals surface area contributed by atoms with Crippen LogP contribution in [0.3, 0.4) is 0 Å². The van der Waals surface area contributed by atoms with Gasteiger partial charge in [-0.05, 0) is 30.9 Å². The van der Waals surface area contributed by atoms with Crippen molar-refractivity contribution in [3.8, 4) is 0 Å². The molecular weight excluding hydrogens is 280 g/mol. The molecule has 1 unspecified atom stereocenters. The highest BCUT2D eigenvalue weighted by Crippen LogP contribution is 2.27. The summed E-state index contributed by atoms with van der Waals surface area (Å²) in [6, 6.07) is 8.87. The van der Waals surface area contributed by atoms with Crippen molar-refractivity contribution in [1.29, 1.82) is 0 Å². The quantitative estimate of drug-likeness (QED) is 0.760. The summed E-state index contributed by atoms with van der Waals surface area (Å²) >= 11 is 1.79. The van der Waals surface area contributed by atoms with Gasteiger partial charge in [0.1, 0.15) is 12.2 Å². The molecule has 4 nitrogen and oxygen atoms in total. The van der Waals surface area contributed by atoms with Gasteiger partial charge in [-0.1, -0.05) is 32.0 Å². The van der Waals surface area contributed by atoms with Crippen LogP contribution in [0, 0.1) is 0 Å². The Kier molecular flexibility index (Phi) is 6.26. The van der Waals surface area contributed by atoms with E-state index in [0.29, 0.717) is 0 Å².